The highest BCUT2D eigenvalue weighted by molar-refractivity contribution is 7.89. The molecule has 0 atom stereocenters. The van der Waals surface area contributed by atoms with Crippen LogP contribution in [0.25, 0.3) is 0 Å². The van der Waals surface area contributed by atoms with Crippen molar-refractivity contribution in [1.29, 1.82) is 0 Å². The van der Waals surface area contributed by atoms with E-state index >= 15 is 0 Å². The Kier molecular flexibility index (Phi) is 6.17. The molecule has 116 valence electrons. The van der Waals surface area contributed by atoms with Gasteiger partial charge in [-0.25, -0.2) is 17.9 Å². The van der Waals surface area contributed by atoms with Gasteiger partial charge >= 0.3 is 12.0 Å². The molecule has 0 spiro atoms. The highest BCUT2D eigenvalue weighted by Crippen LogP contribution is 2.01. The number of urea groups is 1. The van der Waals surface area contributed by atoms with E-state index in [1.54, 1.807) is 9.80 Å². The van der Waals surface area contributed by atoms with E-state index in [9.17, 15) is 18.0 Å². The van der Waals surface area contributed by atoms with Gasteiger partial charge in [-0.05, 0) is 7.05 Å². The van der Waals surface area contributed by atoms with Gasteiger partial charge in [-0.15, -0.1) is 0 Å². The molecule has 1 rings (SSSR count). The summed E-state index contributed by atoms with van der Waals surface area (Å²) >= 11 is 0. The zero-order valence-electron chi connectivity index (χ0n) is 11.3. The SMILES string of the molecule is CNS(=O)(=O)CCNC(=O)N1CCN(CC(=O)O)CC1. The molecule has 1 heterocycles. The van der Waals surface area contributed by atoms with Crippen LogP contribution in [0.2, 0.25) is 0 Å². The molecule has 0 aromatic heterocycles. The van der Waals surface area contributed by atoms with E-state index in [4.69, 9.17) is 5.11 Å². The molecule has 0 saturated carbocycles. The molecule has 0 aromatic rings. The number of nitrogens with zero attached hydrogens (tertiary/aromatic N) is 2. The average Bonchev–Trinajstić information content (AvgIpc) is 2.38. The lowest BCUT2D eigenvalue weighted by atomic mass is 10.3. The number of amides is 2. The minimum atomic E-state index is -3.32. The van der Waals surface area contributed by atoms with Crippen LogP contribution in [-0.4, -0.2) is 87.4 Å². The molecular weight excluding hydrogens is 288 g/mol. The fraction of sp³-hybridized carbons (Fsp3) is 0.800. The van der Waals surface area contributed by atoms with Crippen LogP contribution in [0.15, 0.2) is 0 Å². The molecule has 0 aliphatic carbocycles. The van der Waals surface area contributed by atoms with Crippen molar-refractivity contribution in [3.8, 4) is 0 Å². The largest absolute Gasteiger partial charge is 0.480 e. The molecule has 1 fully saturated rings. The first-order valence-corrected chi connectivity index (χ1v) is 7.87. The van der Waals surface area contributed by atoms with Gasteiger partial charge in [0.25, 0.3) is 0 Å². The number of piperazine rings is 1. The second kappa shape index (κ2) is 7.41. The van der Waals surface area contributed by atoms with Gasteiger partial charge in [0.1, 0.15) is 0 Å². The monoisotopic (exact) mass is 308 g/mol. The molecule has 0 bridgehead atoms. The Morgan fingerprint density at radius 1 is 1.20 bits per heavy atom. The summed E-state index contributed by atoms with van der Waals surface area (Å²) in [6.07, 6.45) is 0. The molecular formula is C10H20N4O5S. The first-order chi connectivity index (χ1) is 9.34. The van der Waals surface area contributed by atoms with Gasteiger partial charge in [0.2, 0.25) is 10.0 Å². The number of rotatable bonds is 6. The highest BCUT2D eigenvalue weighted by Gasteiger charge is 2.22. The third-order valence-electron chi connectivity index (χ3n) is 2.98. The van der Waals surface area contributed by atoms with Crippen LogP contribution in [0, 0.1) is 0 Å². The molecule has 0 unspecified atom stereocenters. The number of carbonyl (C=O) groups is 2. The van der Waals surface area contributed by atoms with Crippen LogP contribution in [-0.2, 0) is 14.8 Å². The van der Waals surface area contributed by atoms with Crippen molar-refractivity contribution in [2.24, 2.45) is 0 Å². The Labute approximate surface area is 118 Å². The maximum absolute atomic E-state index is 11.8. The van der Waals surface area contributed by atoms with E-state index in [1.165, 1.54) is 7.05 Å². The summed E-state index contributed by atoms with van der Waals surface area (Å²) < 4.78 is 24.5. The zero-order valence-corrected chi connectivity index (χ0v) is 12.1. The second-order valence-electron chi connectivity index (χ2n) is 4.41. The van der Waals surface area contributed by atoms with E-state index in [2.05, 4.69) is 10.0 Å². The molecule has 0 radical (unpaired) electrons. The lowest BCUT2D eigenvalue weighted by Crippen LogP contribution is -2.53. The van der Waals surface area contributed by atoms with E-state index in [0.29, 0.717) is 26.2 Å². The van der Waals surface area contributed by atoms with E-state index in [1.807, 2.05) is 0 Å². The first-order valence-electron chi connectivity index (χ1n) is 6.22. The fourth-order valence-corrected chi connectivity index (χ4v) is 2.38. The highest BCUT2D eigenvalue weighted by atomic mass is 32.2. The molecule has 3 N–H and O–H groups in total. The summed E-state index contributed by atoms with van der Waals surface area (Å²) in [6, 6.07) is -0.328. The van der Waals surface area contributed by atoms with Crippen LogP contribution in [0.3, 0.4) is 0 Å². The second-order valence-corrected chi connectivity index (χ2v) is 6.46. The van der Waals surface area contributed by atoms with Gasteiger partial charge in [0.05, 0.1) is 12.3 Å². The third-order valence-corrected chi connectivity index (χ3v) is 4.34. The number of carboxylic acid groups (broad SMARTS) is 1. The van der Waals surface area contributed by atoms with Crippen molar-refractivity contribution in [3.05, 3.63) is 0 Å². The number of hydrogen-bond donors (Lipinski definition) is 3. The molecule has 2 amide bonds. The maximum atomic E-state index is 11.8. The molecule has 9 nitrogen and oxygen atoms in total. The smallest absolute Gasteiger partial charge is 0.317 e. The Balaban J connectivity index is 2.27. The molecule has 1 aliphatic rings. The van der Waals surface area contributed by atoms with E-state index in [0.717, 1.165) is 0 Å². The minimum Gasteiger partial charge on any atom is -0.480 e. The molecule has 10 heteroatoms. The number of aliphatic carboxylic acids is 1. The molecule has 1 saturated heterocycles. The predicted octanol–water partition coefficient (Wildman–Crippen LogP) is -2.05. The van der Waals surface area contributed by atoms with Gasteiger partial charge in [-0.3, -0.25) is 9.69 Å². The normalized spacial score (nSPS) is 16.9. The Morgan fingerprint density at radius 3 is 2.30 bits per heavy atom. The average molecular weight is 308 g/mol. The summed E-state index contributed by atoms with van der Waals surface area (Å²) in [6.45, 7) is 1.85. The van der Waals surface area contributed by atoms with Crippen molar-refractivity contribution < 1.29 is 23.1 Å². The quantitative estimate of drug-likeness (QED) is 0.519. The lowest BCUT2D eigenvalue weighted by Gasteiger charge is -2.33. The number of hydrogen-bond acceptors (Lipinski definition) is 5. The summed E-state index contributed by atoms with van der Waals surface area (Å²) in [5, 5.41) is 11.2. The van der Waals surface area contributed by atoms with Crippen molar-refractivity contribution in [2.45, 2.75) is 0 Å². The maximum Gasteiger partial charge on any atom is 0.317 e. The van der Waals surface area contributed by atoms with Gasteiger partial charge < -0.3 is 15.3 Å². The Morgan fingerprint density at radius 2 is 1.80 bits per heavy atom. The van der Waals surface area contributed by atoms with Gasteiger partial charge in [0, 0.05) is 32.7 Å². The predicted molar refractivity (Wildman–Crippen MR) is 71.9 cm³/mol. The first kappa shape index (κ1) is 16.7. The van der Waals surface area contributed by atoms with Crippen LogP contribution >= 0.6 is 0 Å². The number of sulfonamides is 1. The van der Waals surface area contributed by atoms with E-state index in [-0.39, 0.29) is 24.9 Å². The van der Waals surface area contributed by atoms with Crippen LogP contribution in [0.5, 0.6) is 0 Å². The third kappa shape index (κ3) is 5.72. The van der Waals surface area contributed by atoms with Crippen molar-refractivity contribution in [1.82, 2.24) is 19.8 Å². The lowest BCUT2D eigenvalue weighted by molar-refractivity contribution is -0.138. The number of nitrogens with one attached hydrogen (secondary N) is 2. The topological polar surface area (TPSA) is 119 Å². The Bertz CT molecular complexity index is 445. The summed E-state index contributed by atoms with van der Waals surface area (Å²) in [4.78, 5) is 25.6. The van der Waals surface area contributed by atoms with Crippen LogP contribution in [0.1, 0.15) is 0 Å². The summed E-state index contributed by atoms with van der Waals surface area (Å²) in [7, 11) is -2.01. The summed E-state index contributed by atoms with van der Waals surface area (Å²) in [5.74, 6) is -1.06. The number of carbonyl (C=O) groups excluding carboxylic acids is 1. The van der Waals surface area contributed by atoms with Crippen LogP contribution < -0.4 is 10.0 Å². The standard InChI is InChI=1S/C10H20N4O5S/c1-11-20(18,19)7-2-12-10(17)14-5-3-13(4-6-14)8-9(15)16/h11H,2-8H2,1H3,(H,12,17)(H,15,16). The minimum absolute atomic E-state index is 0.0319. The summed E-state index contributed by atoms with van der Waals surface area (Å²) in [5.41, 5.74) is 0. The van der Waals surface area contributed by atoms with Gasteiger partial charge in [-0.2, -0.15) is 0 Å². The van der Waals surface area contributed by atoms with Gasteiger partial charge in [-0.1, -0.05) is 0 Å². The molecule has 20 heavy (non-hydrogen) atoms. The van der Waals surface area contributed by atoms with Crippen LogP contribution in [0.4, 0.5) is 4.79 Å². The number of carboxylic acids is 1. The Hall–Kier alpha value is -1.39. The zero-order chi connectivity index (χ0) is 15.2. The molecule has 1 aliphatic heterocycles. The fourth-order valence-electron chi connectivity index (χ4n) is 1.81. The van der Waals surface area contributed by atoms with Gasteiger partial charge in [0.15, 0.2) is 0 Å². The van der Waals surface area contributed by atoms with Crippen molar-refractivity contribution in [3.63, 3.8) is 0 Å². The molecule has 0 aromatic carbocycles. The van der Waals surface area contributed by atoms with Crippen molar-refractivity contribution >= 4 is 22.0 Å². The van der Waals surface area contributed by atoms with Crippen molar-refractivity contribution in [2.75, 3.05) is 52.1 Å². The van der Waals surface area contributed by atoms with E-state index < -0.39 is 16.0 Å².